The van der Waals surface area contributed by atoms with Gasteiger partial charge in [-0.05, 0) is 17.9 Å². The number of nitrogens with zero attached hydrogens (tertiary/aromatic N) is 2. The molecule has 0 aromatic carbocycles. The molecule has 0 amide bonds. The molecule has 0 bridgehead atoms. The summed E-state index contributed by atoms with van der Waals surface area (Å²) in [5.41, 5.74) is 0.120. The maximum atomic E-state index is 9.79. The highest BCUT2D eigenvalue weighted by Crippen LogP contribution is 2.20. The van der Waals surface area contributed by atoms with Gasteiger partial charge in [0.2, 0.25) is 0 Å². The highest BCUT2D eigenvalue weighted by atomic mass is 16.3. The van der Waals surface area contributed by atoms with E-state index in [1.54, 1.807) is 10.9 Å². The minimum absolute atomic E-state index is 0.120. The smallest absolute Gasteiger partial charge is 0.0860 e. The average Bonchev–Trinajstić information content (AvgIpc) is 2.67. The summed E-state index contributed by atoms with van der Waals surface area (Å²) in [5, 5.41) is 26.7. The lowest BCUT2D eigenvalue weighted by Crippen LogP contribution is -2.36. The Morgan fingerprint density at radius 1 is 1.22 bits per heavy atom. The molecule has 0 fully saturated rings. The first kappa shape index (κ1) is 15.1. The van der Waals surface area contributed by atoms with Gasteiger partial charge in [-0.1, -0.05) is 20.8 Å². The van der Waals surface area contributed by atoms with E-state index in [1.807, 2.05) is 12.3 Å². The van der Waals surface area contributed by atoms with E-state index in [-0.39, 0.29) is 11.5 Å². The second-order valence-corrected chi connectivity index (χ2v) is 5.96. The van der Waals surface area contributed by atoms with E-state index in [0.717, 1.165) is 6.42 Å². The Kier molecular flexibility index (Phi) is 5.78. The van der Waals surface area contributed by atoms with Gasteiger partial charge in [0.25, 0.3) is 0 Å². The molecule has 0 radical (unpaired) electrons. The van der Waals surface area contributed by atoms with Crippen LogP contribution in [0.1, 0.15) is 27.2 Å². The van der Waals surface area contributed by atoms with Crippen LogP contribution in [0.25, 0.3) is 0 Å². The minimum Gasteiger partial charge on any atom is -0.392 e. The maximum Gasteiger partial charge on any atom is 0.0860 e. The summed E-state index contributed by atoms with van der Waals surface area (Å²) in [7, 11) is 0. The van der Waals surface area contributed by atoms with Gasteiger partial charge in [0, 0.05) is 25.5 Å². The van der Waals surface area contributed by atoms with Crippen molar-refractivity contribution < 1.29 is 10.2 Å². The van der Waals surface area contributed by atoms with Crippen molar-refractivity contribution in [2.75, 3.05) is 13.1 Å². The highest BCUT2D eigenvalue weighted by Gasteiger charge is 2.16. The van der Waals surface area contributed by atoms with Crippen LogP contribution < -0.4 is 5.32 Å². The third kappa shape index (κ3) is 6.74. The fourth-order valence-electron chi connectivity index (χ4n) is 1.88. The van der Waals surface area contributed by atoms with E-state index in [0.29, 0.717) is 19.6 Å². The Labute approximate surface area is 109 Å². The number of aromatic nitrogens is 2. The van der Waals surface area contributed by atoms with Crippen LogP contribution in [0.3, 0.4) is 0 Å². The van der Waals surface area contributed by atoms with Gasteiger partial charge in [0.15, 0.2) is 0 Å². The molecule has 1 rings (SSSR count). The molecule has 2 atom stereocenters. The summed E-state index contributed by atoms with van der Waals surface area (Å²) in [6.45, 7) is 7.73. The number of aliphatic hydroxyl groups is 2. The van der Waals surface area contributed by atoms with Gasteiger partial charge in [-0.2, -0.15) is 5.10 Å². The predicted octanol–water partition coefficient (Wildman–Crippen LogP) is 0.631. The molecule has 1 aromatic rings. The van der Waals surface area contributed by atoms with Gasteiger partial charge in [-0.15, -0.1) is 0 Å². The van der Waals surface area contributed by atoms with Crippen molar-refractivity contribution in [2.45, 2.75) is 45.9 Å². The van der Waals surface area contributed by atoms with Crippen molar-refractivity contribution in [3.05, 3.63) is 18.5 Å². The van der Waals surface area contributed by atoms with Gasteiger partial charge in [0.1, 0.15) is 0 Å². The third-order valence-electron chi connectivity index (χ3n) is 2.56. The van der Waals surface area contributed by atoms with E-state index in [4.69, 9.17) is 0 Å². The zero-order chi connectivity index (χ0) is 13.6. The molecule has 5 heteroatoms. The van der Waals surface area contributed by atoms with E-state index >= 15 is 0 Å². The molecule has 0 aliphatic carbocycles. The van der Waals surface area contributed by atoms with Gasteiger partial charge >= 0.3 is 0 Å². The van der Waals surface area contributed by atoms with Crippen LogP contribution in [-0.2, 0) is 6.54 Å². The Balaban J connectivity index is 2.13. The van der Waals surface area contributed by atoms with Crippen LogP contribution in [0.5, 0.6) is 0 Å². The molecule has 0 aliphatic heterocycles. The molecule has 3 N–H and O–H groups in total. The molecule has 0 aliphatic rings. The lowest BCUT2D eigenvalue weighted by Gasteiger charge is -2.23. The van der Waals surface area contributed by atoms with E-state index in [2.05, 4.69) is 31.2 Å². The van der Waals surface area contributed by atoms with Gasteiger partial charge < -0.3 is 15.5 Å². The lowest BCUT2D eigenvalue weighted by atomic mass is 9.89. The fourth-order valence-corrected chi connectivity index (χ4v) is 1.88. The van der Waals surface area contributed by atoms with E-state index < -0.39 is 6.10 Å². The fraction of sp³-hybridized carbons (Fsp3) is 0.769. The summed E-state index contributed by atoms with van der Waals surface area (Å²) in [5.74, 6) is 0. The highest BCUT2D eigenvalue weighted by molar-refractivity contribution is 4.79. The van der Waals surface area contributed by atoms with Crippen molar-refractivity contribution in [1.29, 1.82) is 0 Å². The topological polar surface area (TPSA) is 70.3 Å². The van der Waals surface area contributed by atoms with E-state index in [9.17, 15) is 10.2 Å². The Hall–Kier alpha value is -0.910. The number of rotatable bonds is 7. The molecule has 1 heterocycles. The zero-order valence-electron chi connectivity index (χ0n) is 11.5. The van der Waals surface area contributed by atoms with Crippen molar-refractivity contribution >= 4 is 0 Å². The lowest BCUT2D eigenvalue weighted by molar-refractivity contribution is 0.106. The minimum atomic E-state index is -0.494. The molecule has 5 nitrogen and oxygen atoms in total. The summed E-state index contributed by atoms with van der Waals surface area (Å²) in [4.78, 5) is 0. The van der Waals surface area contributed by atoms with Gasteiger partial charge in [-0.3, -0.25) is 4.68 Å². The van der Waals surface area contributed by atoms with Crippen LogP contribution in [0, 0.1) is 5.41 Å². The monoisotopic (exact) mass is 255 g/mol. The van der Waals surface area contributed by atoms with Crippen LogP contribution in [-0.4, -0.2) is 45.3 Å². The Morgan fingerprint density at radius 2 is 1.89 bits per heavy atom. The SMILES string of the molecule is CC(C)(C)CC(O)CNCC(O)Cn1cccn1. The maximum absolute atomic E-state index is 9.79. The molecular weight excluding hydrogens is 230 g/mol. The molecular formula is C13H25N3O2. The number of hydrogen-bond donors (Lipinski definition) is 3. The van der Waals surface area contributed by atoms with E-state index in [1.165, 1.54) is 0 Å². The molecule has 0 saturated heterocycles. The van der Waals surface area contributed by atoms with Crippen molar-refractivity contribution in [3.8, 4) is 0 Å². The second-order valence-electron chi connectivity index (χ2n) is 5.96. The Bertz CT molecular complexity index is 319. The predicted molar refractivity (Wildman–Crippen MR) is 71.2 cm³/mol. The van der Waals surface area contributed by atoms with Crippen LogP contribution >= 0.6 is 0 Å². The molecule has 18 heavy (non-hydrogen) atoms. The van der Waals surface area contributed by atoms with Gasteiger partial charge in [-0.25, -0.2) is 0 Å². The zero-order valence-corrected chi connectivity index (χ0v) is 11.5. The van der Waals surface area contributed by atoms with Gasteiger partial charge in [0.05, 0.1) is 18.8 Å². The molecule has 1 aromatic heterocycles. The summed E-state index contributed by atoms with van der Waals surface area (Å²) >= 11 is 0. The average molecular weight is 255 g/mol. The first-order chi connectivity index (χ1) is 8.37. The standard InChI is InChI=1S/C13H25N3O2/c1-13(2,3)7-11(17)8-14-9-12(18)10-16-6-4-5-15-16/h4-6,11-12,14,17-18H,7-10H2,1-3H3. The molecule has 0 saturated carbocycles. The number of hydrogen-bond acceptors (Lipinski definition) is 4. The Morgan fingerprint density at radius 3 is 2.44 bits per heavy atom. The van der Waals surface area contributed by atoms with Crippen LogP contribution in [0.15, 0.2) is 18.5 Å². The first-order valence-corrected chi connectivity index (χ1v) is 6.41. The summed E-state index contributed by atoms with van der Waals surface area (Å²) in [6, 6.07) is 1.83. The van der Waals surface area contributed by atoms with Crippen molar-refractivity contribution in [2.24, 2.45) is 5.41 Å². The summed E-state index contributed by atoms with van der Waals surface area (Å²) < 4.78 is 1.69. The number of aliphatic hydroxyl groups excluding tert-OH is 2. The molecule has 2 unspecified atom stereocenters. The third-order valence-corrected chi connectivity index (χ3v) is 2.56. The second kappa shape index (κ2) is 6.87. The quantitative estimate of drug-likeness (QED) is 0.668. The normalized spacial score (nSPS) is 15.6. The first-order valence-electron chi connectivity index (χ1n) is 6.41. The molecule has 104 valence electrons. The number of nitrogens with one attached hydrogen (secondary N) is 1. The van der Waals surface area contributed by atoms with Crippen molar-refractivity contribution in [3.63, 3.8) is 0 Å². The molecule has 0 spiro atoms. The van der Waals surface area contributed by atoms with Crippen LogP contribution in [0.4, 0.5) is 0 Å². The summed E-state index contributed by atoms with van der Waals surface area (Å²) in [6.07, 6.45) is 3.38. The van der Waals surface area contributed by atoms with Crippen LogP contribution in [0.2, 0.25) is 0 Å². The van der Waals surface area contributed by atoms with Crippen molar-refractivity contribution in [1.82, 2.24) is 15.1 Å². The largest absolute Gasteiger partial charge is 0.392 e.